The monoisotopic (exact) mass is 339 g/mol. The van der Waals surface area contributed by atoms with E-state index in [-0.39, 0.29) is 17.2 Å². The fourth-order valence-corrected chi connectivity index (χ4v) is 1.95. The van der Waals surface area contributed by atoms with E-state index in [4.69, 9.17) is 11.6 Å². The maximum atomic E-state index is 12.8. The van der Waals surface area contributed by atoms with Gasteiger partial charge in [0.1, 0.15) is 6.04 Å². The van der Waals surface area contributed by atoms with Crippen LogP contribution in [0.5, 0.6) is 0 Å². The van der Waals surface area contributed by atoms with E-state index in [9.17, 15) is 18.0 Å². The molecule has 1 aromatic rings. The molecule has 2 atom stereocenters. The minimum Gasteiger partial charge on any atom is -0.351 e. The summed E-state index contributed by atoms with van der Waals surface area (Å²) in [6.45, 7) is 10.6. The molecule has 126 valence electrons. The number of hydrogen-bond acceptors (Lipinski definition) is 2. The van der Waals surface area contributed by atoms with Crippen molar-refractivity contribution in [2.75, 3.05) is 0 Å². The van der Waals surface area contributed by atoms with Gasteiger partial charge in [-0.25, -0.2) is 0 Å². The van der Waals surface area contributed by atoms with Gasteiger partial charge >= 0.3 is 6.18 Å². The second-order valence-corrected chi connectivity index (χ2v) is 6.84. The highest BCUT2D eigenvalue weighted by Crippen LogP contribution is 2.36. The summed E-state index contributed by atoms with van der Waals surface area (Å²) < 4.78 is 39.4. The molecule has 1 N–H and O–H groups in total. The van der Waals surface area contributed by atoms with Gasteiger partial charge in [0.15, 0.2) is 5.69 Å². The second kappa shape index (κ2) is 6.10. The molecule has 1 aromatic heterocycles. The van der Waals surface area contributed by atoms with Crippen LogP contribution in [-0.2, 0) is 11.0 Å². The van der Waals surface area contributed by atoms with E-state index in [0.29, 0.717) is 0 Å². The zero-order chi connectivity index (χ0) is 17.5. The van der Waals surface area contributed by atoms with Gasteiger partial charge in [-0.3, -0.25) is 9.48 Å². The maximum absolute atomic E-state index is 12.8. The van der Waals surface area contributed by atoms with Gasteiger partial charge in [-0.05, 0) is 26.2 Å². The highest BCUT2D eigenvalue weighted by atomic mass is 35.5. The molecule has 1 rings (SSSR count). The molecule has 0 unspecified atom stereocenters. The third-order valence-corrected chi connectivity index (χ3v) is 4.20. The summed E-state index contributed by atoms with van der Waals surface area (Å²) in [5.41, 5.74) is -1.22. The van der Waals surface area contributed by atoms with E-state index in [1.54, 1.807) is 0 Å². The molecule has 4 nitrogen and oxygen atoms in total. The quantitative estimate of drug-likeness (QED) is 0.905. The van der Waals surface area contributed by atoms with Crippen molar-refractivity contribution in [3.63, 3.8) is 0 Å². The zero-order valence-corrected chi connectivity index (χ0v) is 14.2. The molecule has 0 aliphatic carbocycles. The fraction of sp³-hybridized carbons (Fsp3) is 0.714. The SMILES string of the molecule is Cc1c(Cl)c(C(F)(F)F)nn1[C@@H](C)C(=O)N[C@@H](C)C(C)(C)C. The van der Waals surface area contributed by atoms with Gasteiger partial charge in [0.05, 0.1) is 10.7 Å². The minimum atomic E-state index is -4.65. The summed E-state index contributed by atoms with van der Waals surface area (Å²) in [4.78, 5) is 12.2. The number of aromatic nitrogens is 2. The Hall–Kier alpha value is -1.24. The van der Waals surface area contributed by atoms with E-state index in [1.165, 1.54) is 13.8 Å². The predicted octanol–water partition coefficient (Wildman–Crippen LogP) is 3.98. The maximum Gasteiger partial charge on any atom is 0.436 e. The second-order valence-electron chi connectivity index (χ2n) is 6.46. The van der Waals surface area contributed by atoms with Crippen LogP contribution in [0.4, 0.5) is 13.2 Å². The predicted molar refractivity (Wildman–Crippen MR) is 78.7 cm³/mol. The van der Waals surface area contributed by atoms with E-state index < -0.39 is 28.8 Å². The Morgan fingerprint density at radius 2 is 1.77 bits per heavy atom. The van der Waals surface area contributed by atoms with Crippen LogP contribution in [0.15, 0.2) is 0 Å². The molecule has 0 saturated heterocycles. The number of nitrogens with zero attached hydrogens (tertiary/aromatic N) is 2. The molecular weight excluding hydrogens is 319 g/mol. The van der Waals surface area contributed by atoms with Gasteiger partial charge in [0.2, 0.25) is 5.91 Å². The molecule has 22 heavy (non-hydrogen) atoms. The number of hydrogen-bond donors (Lipinski definition) is 1. The number of carbonyl (C=O) groups excluding carboxylic acids is 1. The molecule has 0 aliphatic heterocycles. The Kier molecular flexibility index (Phi) is 5.22. The van der Waals surface area contributed by atoms with Crippen molar-refractivity contribution in [2.24, 2.45) is 5.41 Å². The van der Waals surface area contributed by atoms with Crippen LogP contribution in [0.2, 0.25) is 5.02 Å². The molecule has 8 heteroatoms. The molecule has 0 fully saturated rings. The lowest BCUT2D eigenvalue weighted by Gasteiger charge is -2.29. The summed E-state index contributed by atoms with van der Waals surface area (Å²) in [6, 6.07) is -1.03. The smallest absolute Gasteiger partial charge is 0.351 e. The molecule has 0 aliphatic rings. The molecule has 0 saturated carbocycles. The van der Waals surface area contributed by atoms with Crippen LogP contribution in [-0.4, -0.2) is 21.7 Å². The van der Waals surface area contributed by atoms with Gasteiger partial charge in [-0.1, -0.05) is 32.4 Å². The lowest BCUT2D eigenvalue weighted by Crippen LogP contribution is -2.44. The molecule has 1 heterocycles. The van der Waals surface area contributed by atoms with Crippen LogP contribution < -0.4 is 5.32 Å². The minimum absolute atomic E-state index is 0.111. The van der Waals surface area contributed by atoms with Crippen LogP contribution in [0, 0.1) is 12.3 Å². The first-order valence-electron chi connectivity index (χ1n) is 6.89. The van der Waals surface area contributed by atoms with Crippen molar-refractivity contribution in [3.8, 4) is 0 Å². The average Bonchev–Trinajstić information content (AvgIpc) is 2.63. The van der Waals surface area contributed by atoms with Crippen molar-refractivity contribution in [1.82, 2.24) is 15.1 Å². The number of nitrogens with one attached hydrogen (secondary N) is 1. The molecule has 0 bridgehead atoms. The number of carbonyl (C=O) groups is 1. The number of alkyl halides is 3. The zero-order valence-electron chi connectivity index (χ0n) is 13.5. The van der Waals surface area contributed by atoms with Crippen molar-refractivity contribution in [1.29, 1.82) is 0 Å². The first-order valence-corrected chi connectivity index (χ1v) is 7.26. The average molecular weight is 340 g/mol. The first kappa shape index (κ1) is 18.8. The van der Waals surface area contributed by atoms with Gasteiger partial charge in [0.25, 0.3) is 0 Å². The Balaban J connectivity index is 3.04. The summed E-state index contributed by atoms with van der Waals surface area (Å²) in [5.74, 6) is -0.404. The van der Waals surface area contributed by atoms with E-state index >= 15 is 0 Å². The van der Waals surface area contributed by atoms with Crippen molar-refractivity contribution < 1.29 is 18.0 Å². The van der Waals surface area contributed by atoms with Crippen molar-refractivity contribution in [2.45, 2.75) is 59.8 Å². The van der Waals surface area contributed by atoms with Crippen LogP contribution >= 0.6 is 11.6 Å². The van der Waals surface area contributed by atoms with Gasteiger partial charge < -0.3 is 5.32 Å². The highest BCUT2D eigenvalue weighted by Gasteiger charge is 2.39. The molecule has 0 spiro atoms. The number of rotatable bonds is 3. The summed E-state index contributed by atoms with van der Waals surface area (Å²) >= 11 is 5.69. The lowest BCUT2D eigenvalue weighted by atomic mass is 9.88. The van der Waals surface area contributed by atoms with Crippen LogP contribution in [0.3, 0.4) is 0 Å². The Morgan fingerprint density at radius 3 is 2.14 bits per heavy atom. The van der Waals surface area contributed by atoms with E-state index in [2.05, 4.69) is 10.4 Å². The molecular formula is C14H21ClF3N3O. The Bertz CT molecular complexity index is 561. The standard InChI is InChI=1S/C14H21ClF3N3O/c1-7-10(15)11(14(16,17)18)20-21(7)8(2)12(22)19-9(3)13(4,5)6/h8-9H,1-6H3,(H,19,22)/t8-,9-/m0/s1. The third-order valence-electron chi connectivity index (χ3n) is 3.75. The van der Waals surface area contributed by atoms with Gasteiger partial charge in [-0.2, -0.15) is 18.3 Å². The van der Waals surface area contributed by atoms with Crippen molar-refractivity contribution in [3.05, 3.63) is 16.4 Å². The molecule has 0 aromatic carbocycles. The fourth-order valence-electron chi connectivity index (χ4n) is 1.72. The topological polar surface area (TPSA) is 46.9 Å². The van der Waals surface area contributed by atoms with Gasteiger partial charge in [0, 0.05) is 6.04 Å². The highest BCUT2D eigenvalue weighted by molar-refractivity contribution is 6.32. The summed E-state index contributed by atoms with van der Waals surface area (Å²) in [5, 5.41) is 5.78. The molecule has 1 amide bonds. The normalized spacial score (nSPS) is 15.5. The first-order chi connectivity index (χ1) is 9.76. The molecule has 0 radical (unpaired) electrons. The van der Waals surface area contributed by atoms with Crippen LogP contribution in [0.25, 0.3) is 0 Å². The number of amides is 1. The Labute approximate surface area is 133 Å². The summed E-state index contributed by atoms with van der Waals surface area (Å²) in [7, 11) is 0. The number of halogens is 4. The van der Waals surface area contributed by atoms with Crippen molar-refractivity contribution >= 4 is 17.5 Å². The third kappa shape index (κ3) is 3.94. The van der Waals surface area contributed by atoms with E-state index in [1.807, 2.05) is 27.7 Å². The largest absolute Gasteiger partial charge is 0.436 e. The van der Waals surface area contributed by atoms with Gasteiger partial charge in [-0.15, -0.1) is 0 Å². The lowest BCUT2D eigenvalue weighted by molar-refractivity contribution is -0.142. The van der Waals surface area contributed by atoms with E-state index in [0.717, 1.165) is 4.68 Å². The Morgan fingerprint density at radius 1 is 1.27 bits per heavy atom. The van der Waals surface area contributed by atoms with Crippen LogP contribution in [0.1, 0.15) is 52.0 Å². The summed E-state index contributed by atoms with van der Waals surface area (Å²) in [6.07, 6.45) is -4.65.